The zero-order chi connectivity index (χ0) is 13.7. The van der Waals surface area contributed by atoms with Gasteiger partial charge in [-0.15, -0.1) is 0 Å². The van der Waals surface area contributed by atoms with Crippen molar-refractivity contribution in [1.82, 2.24) is 14.9 Å². The maximum Gasteiger partial charge on any atom is 0.274 e. The van der Waals surface area contributed by atoms with Crippen molar-refractivity contribution in [1.29, 1.82) is 0 Å². The van der Waals surface area contributed by atoms with Gasteiger partial charge in [-0.3, -0.25) is 4.79 Å². The van der Waals surface area contributed by atoms with Gasteiger partial charge in [0.2, 0.25) is 0 Å². The molecule has 104 valence electrons. The monoisotopic (exact) mass is 262 g/mol. The molecule has 0 saturated carbocycles. The average Bonchev–Trinajstić information content (AvgIpc) is 2.88. The smallest absolute Gasteiger partial charge is 0.274 e. The molecule has 1 aromatic heterocycles. The first-order valence-electron chi connectivity index (χ1n) is 7.09. The summed E-state index contributed by atoms with van der Waals surface area (Å²) in [4.78, 5) is 22.6. The number of carbonyl (C=O) groups is 1. The summed E-state index contributed by atoms with van der Waals surface area (Å²) in [5.41, 5.74) is 0.443. The van der Waals surface area contributed by atoms with Gasteiger partial charge in [0, 0.05) is 19.6 Å². The molecule has 1 saturated heterocycles. The van der Waals surface area contributed by atoms with E-state index in [-0.39, 0.29) is 5.91 Å². The zero-order valence-electron chi connectivity index (χ0n) is 11.7. The largest absolute Gasteiger partial charge is 0.369 e. The van der Waals surface area contributed by atoms with E-state index < -0.39 is 0 Å². The van der Waals surface area contributed by atoms with Crippen LogP contribution >= 0.6 is 0 Å². The minimum atomic E-state index is 0.00847. The standard InChI is InChI=1S/C14H22N4O/c1-3-5-11-6-7-18(10-11)14(19)12-8-17-13(9-16-12)15-4-2/h8-9,11H,3-7,10H2,1-2H3,(H,15,17). The predicted molar refractivity (Wildman–Crippen MR) is 75.1 cm³/mol. The summed E-state index contributed by atoms with van der Waals surface area (Å²) in [5, 5.41) is 3.07. The number of carbonyl (C=O) groups excluding carboxylic acids is 1. The highest BCUT2D eigenvalue weighted by Crippen LogP contribution is 2.22. The zero-order valence-corrected chi connectivity index (χ0v) is 11.7. The summed E-state index contributed by atoms with van der Waals surface area (Å²) in [7, 11) is 0. The molecule has 19 heavy (non-hydrogen) atoms. The summed E-state index contributed by atoms with van der Waals surface area (Å²) >= 11 is 0. The van der Waals surface area contributed by atoms with E-state index in [4.69, 9.17) is 0 Å². The van der Waals surface area contributed by atoms with Crippen molar-refractivity contribution in [2.75, 3.05) is 25.0 Å². The van der Waals surface area contributed by atoms with Crippen molar-refractivity contribution in [3.05, 3.63) is 18.1 Å². The van der Waals surface area contributed by atoms with Crippen molar-refractivity contribution in [2.45, 2.75) is 33.1 Å². The molecule has 2 rings (SSSR count). The summed E-state index contributed by atoms with van der Waals surface area (Å²) in [6, 6.07) is 0. The maximum atomic E-state index is 12.3. The molecule has 1 fully saturated rings. The average molecular weight is 262 g/mol. The SMILES string of the molecule is CCCC1CCN(C(=O)c2cnc(NCC)cn2)C1. The van der Waals surface area contributed by atoms with Gasteiger partial charge in [0.25, 0.3) is 5.91 Å². The van der Waals surface area contributed by atoms with E-state index in [1.54, 1.807) is 12.4 Å². The van der Waals surface area contributed by atoms with E-state index >= 15 is 0 Å². The molecule has 1 aliphatic heterocycles. The second kappa shape index (κ2) is 6.50. The highest BCUT2D eigenvalue weighted by Gasteiger charge is 2.27. The molecule has 0 bridgehead atoms. The number of anilines is 1. The second-order valence-electron chi connectivity index (χ2n) is 5.01. The molecule has 1 N–H and O–H groups in total. The van der Waals surface area contributed by atoms with Crippen LogP contribution in [0.25, 0.3) is 0 Å². The fourth-order valence-corrected chi connectivity index (χ4v) is 2.53. The van der Waals surface area contributed by atoms with Crippen LogP contribution in [0.15, 0.2) is 12.4 Å². The van der Waals surface area contributed by atoms with Gasteiger partial charge in [-0.25, -0.2) is 9.97 Å². The van der Waals surface area contributed by atoms with Gasteiger partial charge in [0.1, 0.15) is 11.5 Å². The van der Waals surface area contributed by atoms with Gasteiger partial charge in [0.05, 0.1) is 12.4 Å². The molecule has 0 aliphatic carbocycles. The molecular weight excluding hydrogens is 240 g/mol. The van der Waals surface area contributed by atoms with E-state index in [1.807, 2.05) is 11.8 Å². The number of rotatable bonds is 5. The highest BCUT2D eigenvalue weighted by molar-refractivity contribution is 5.92. The van der Waals surface area contributed by atoms with Gasteiger partial charge in [-0.1, -0.05) is 13.3 Å². The Morgan fingerprint density at radius 3 is 2.89 bits per heavy atom. The lowest BCUT2D eigenvalue weighted by molar-refractivity contribution is 0.0780. The Bertz CT molecular complexity index is 418. The normalized spacial score (nSPS) is 18.6. The number of hydrogen-bond acceptors (Lipinski definition) is 4. The molecule has 1 atom stereocenters. The van der Waals surface area contributed by atoms with Crippen molar-refractivity contribution in [3.8, 4) is 0 Å². The van der Waals surface area contributed by atoms with Gasteiger partial charge in [-0.05, 0) is 25.7 Å². The Labute approximate surface area is 114 Å². The third-order valence-electron chi connectivity index (χ3n) is 3.50. The molecule has 1 aromatic rings. The van der Waals surface area contributed by atoms with Crippen LogP contribution in [0, 0.1) is 5.92 Å². The predicted octanol–water partition coefficient (Wildman–Crippen LogP) is 2.17. The number of nitrogens with zero attached hydrogens (tertiary/aromatic N) is 3. The number of aromatic nitrogens is 2. The van der Waals surface area contributed by atoms with Gasteiger partial charge in [-0.2, -0.15) is 0 Å². The third kappa shape index (κ3) is 3.43. The molecule has 2 heterocycles. The van der Waals surface area contributed by atoms with Crippen molar-refractivity contribution in [3.63, 3.8) is 0 Å². The van der Waals surface area contributed by atoms with Gasteiger partial charge in [0.15, 0.2) is 0 Å². The lowest BCUT2D eigenvalue weighted by atomic mass is 10.0. The minimum Gasteiger partial charge on any atom is -0.369 e. The number of nitrogens with one attached hydrogen (secondary N) is 1. The first kappa shape index (κ1) is 13.8. The summed E-state index contributed by atoms with van der Waals surface area (Å²) in [6.45, 7) is 6.70. The minimum absolute atomic E-state index is 0.00847. The Hall–Kier alpha value is -1.65. The molecule has 0 spiro atoms. The maximum absolute atomic E-state index is 12.3. The molecule has 1 aliphatic rings. The first-order valence-corrected chi connectivity index (χ1v) is 7.09. The molecule has 5 heteroatoms. The molecule has 0 radical (unpaired) electrons. The van der Waals surface area contributed by atoms with Crippen LogP contribution in [0.3, 0.4) is 0 Å². The fraction of sp³-hybridized carbons (Fsp3) is 0.643. The van der Waals surface area contributed by atoms with Crippen LogP contribution in [0.2, 0.25) is 0 Å². The Morgan fingerprint density at radius 2 is 2.26 bits per heavy atom. The fourth-order valence-electron chi connectivity index (χ4n) is 2.53. The summed E-state index contributed by atoms with van der Waals surface area (Å²) < 4.78 is 0. The van der Waals surface area contributed by atoms with Gasteiger partial charge < -0.3 is 10.2 Å². The summed E-state index contributed by atoms with van der Waals surface area (Å²) in [6.07, 6.45) is 6.69. The second-order valence-corrected chi connectivity index (χ2v) is 5.01. The molecule has 1 amide bonds. The van der Waals surface area contributed by atoms with Crippen LogP contribution in [0.5, 0.6) is 0 Å². The summed E-state index contributed by atoms with van der Waals surface area (Å²) in [5.74, 6) is 1.38. The van der Waals surface area contributed by atoms with Crippen molar-refractivity contribution < 1.29 is 4.79 Å². The third-order valence-corrected chi connectivity index (χ3v) is 3.50. The lowest BCUT2D eigenvalue weighted by Crippen LogP contribution is -2.29. The van der Waals surface area contributed by atoms with E-state index in [0.717, 1.165) is 26.1 Å². The van der Waals surface area contributed by atoms with E-state index in [9.17, 15) is 4.79 Å². The Morgan fingerprint density at radius 1 is 1.42 bits per heavy atom. The van der Waals surface area contributed by atoms with E-state index in [1.165, 1.54) is 12.8 Å². The van der Waals surface area contributed by atoms with E-state index in [0.29, 0.717) is 17.4 Å². The topological polar surface area (TPSA) is 58.1 Å². The number of hydrogen-bond donors (Lipinski definition) is 1. The Kier molecular flexibility index (Phi) is 4.71. The van der Waals surface area contributed by atoms with Crippen LogP contribution in [-0.2, 0) is 0 Å². The molecule has 0 aromatic carbocycles. The van der Waals surface area contributed by atoms with Crippen molar-refractivity contribution in [2.24, 2.45) is 5.92 Å². The lowest BCUT2D eigenvalue weighted by Gasteiger charge is -2.15. The molecular formula is C14H22N4O. The van der Waals surface area contributed by atoms with Crippen LogP contribution in [-0.4, -0.2) is 40.4 Å². The van der Waals surface area contributed by atoms with Crippen LogP contribution in [0.4, 0.5) is 5.82 Å². The highest BCUT2D eigenvalue weighted by atomic mass is 16.2. The van der Waals surface area contributed by atoms with Crippen molar-refractivity contribution >= 4 is 11.7 Å². The number of amides is 1. The van der Waals surface area contributed by atoms with Crippen LogP contribution in [0.1, 0.15) is 43.6 Å². The quantitative estimate of drug-likeness (QED) is 0.883. The van der Waals surface area contributed by atoms with E-state index in [2.05, 4.69) is 22.2 Å². The van der Waals surface area contributed by atoms with Crippen LogP contribution < -0.4 is 5.32 Å². The first-order chi connectivity index (χ1) is 9.24. The Balaban J connectivity index is 1.96. The van der Waals surface area contributed by atoms with Gasteiger partial charge >= 0.3 is 0 Å². The number of likely N-dealkylation sites (tertiary alicyclic amines) is 1. The molecule has 1 unspecified atom stereocenters. The molecule has 5 nitrogen and oxygen atoms in total.